The molecule has 0 spiro atoms. The maximum Gasteiger partial charge on any atom is 0.258 e. The largest absolute Gasteiger partial charge is 0.310 e. The van der Waals surface area contributed by atoms with Crippen LogP contribution in [-0.4, -0.2) is 30.6 Å². The summed E-state index contributed by atoms with van der Waals surface area (Å²) in [6.45, 7) is 6.32. The molecule has 3 aromatic rings. The summed E-state index contributed by atoms with van der Waals surface area (Å²) in [7, 11) is 0. The molecule has 0 amide bonds. The molecule has 1 aromatic carbocycles. The van der Waals surface area contributed by atoms with E-state index in [1.165, 1.54) is 0 Å². The van der Waals surface area contributed by atoms with Gasteiger partial charge in [0.25, 0.3) is 5.56 Å². The van der Waals surface area contributed by atoms with Crippen LogP contribution in [0.2, 0.25) is 0 Å². The molecular formula is C14H16N6O. The van der Waals surface area contributed by atoms with Gasteiger partial charge in [-0.3, -0.25) is 4.79 Å². The molecule has 2 aromatic heterocycles. The lowest BCUT2D eigenvalue weighted by Crippen LogP contribution is -2.17. The van der Waals surface area contributed by atoms with Gasteiger partial charge in [-0.2, -0.15) is 5.21 Å². The topological polar surface area (TPSA) is 100 Å². The van der Waals surface area contributed by atoms with Gasteiger partial charge in [0, 0.05) is 12.0 Å². The van der Waals surface area contributed by atoms with Crippen molar-refractivity contribution in [2.75, 3.05) is 0 Å². The van der Waals surface area contributed by atoms with Gasteiger partial charge in [0.05, 0.1) is 10.9 Å². The summed E-state index contributed by atoms with van der Waals surface area (Å²) in [6, 6.07) is 5.37. The van der Waals surface area contributed by atoms with E-state index < -0.39 is 0 Å². The summed E-state index contributed by atoms with van der Waals surface area (Å²) in [6.07, 6.45) is 0.713. The number of nitrogens with zero attached hydrogens (tertiary/aromatic N) is 4. The second-order valence-electron chi connectivity index (χ2n) is 6.22. The predicted octanol–water partition coefficient (Wildman–Crippen LogP) is 1.69. The Balaban J connectivity index is 2.10. The number of fused-ring (bicyclic) bond motifs is 1. The third kappa shape index (κ3) is 2.81. The molecule has 0 aliphatic carbocycles. The number of aromatic nitrogens is 6. The lowest BCUT2D eigenvalue weighted by atomic mass is 9.92. The fraction of sp³-hybridized carbons (Fsp3) is 0.357. The number of benzene rings is 1. The third-order valence-electron chi connectivity index (χ3n) is 3.06. The number of hydrogen-bond donors (Lipinski definition) is 2. The van der Waals surface area contributed by atoms with E-state index >= 15 is 0 Å². The Morgan fingerprint density at radius 3 is 2.71 bits per heavy atom. The van der Waals surface area contributed by atoms with E-state index in [-0.39, 0.29) is 11.0 Å². The Labute approximate surface area is 120 Å². The minimum absolute atomic E-state index is 0.0637. The van der Waals surface area contributed by atoms with Gasteiger partial charge in [-0.1, -0.05) is 20.8 Å². The number of H-pyrrole nitrogens is 2. The third-order valence-corrected chi connectivity index (χ3v) is 3.06. The molecule has 3 rings (SSSR count). The van der Waals surface area contributed by atoms with Gasteiger partial charge >= 0.3 is 0 Å². The SMILES string of the molecule is CC(C)(C)Cc1nc2ccc(-c3nn[nH]n3)cc2c(=O)[nH]1. The van der Waals surface area contributed by atoms with Crippen molar-refractivity contribution in [1.29, 1.82) is 0 Å². The molecule has 0 aliphatic rings. The van der Waals surface area contributed by atoms with E-state index in [4.69, 9.17) is 0 Å². The fourth-order valence-electron chi connectivity index (χ4n) is 2.20. The summed E-state index contributed by atoms with van der Waals surface area (Å²) in [5.74, 6) is 1.15. The lowest BCUT2D eigenvalue weighted by molar-refractivity contribution is 0.401. The van der Waals surface area contributed by atoms with Crippen molar-refractivity contribution >= 4 is 10.9 Å². The molecule has 0 bridgehead atoms. The van der Waals surface area contributed by atoms with Gasteiger partial charge in [-0.25, -0.2) is 4.98 Å². The second kappa shape index (κ2) is 4.76. The van der Waals surface area contributed by atoms with E-state index in [9.17, 15) is 4.79 Å². The molecule has 0 unspecified atom stereocenters. The zero-order valence-corrected chi connectivity index (χ0v) is 12.1. The maximum absolute atomic E-state index is 12.2. The highest BCUT2D eigenvalue weighted by Crippen LogP contribution is 2.21. The van der Waals surface area contributed by atoms with Crippen LogP contribution in [-0.2, 0) is 6.42 Å². The normalized spacial score (nSPS) is 12.0. The van der Waals surface area contributed by atoms with Crippen molar-refractivity contribution in [3.05, 3.63) is 34.4 Å². The van der Waals surface area contributed by atoms with Gasteiger partial charge < -0.3 is 4.98 Å². The predicted molar refractivity (Wildman–Crippen MR) is 78.7 cm³/mol. The minimum Gasteiger partial charge on any atom is -0.310 e. The molecule has 0 atom stereocenters. The minimum atomic E-state index is -0.149. The first kappa shape index (κ1) is 13.4. The zero-order valence-electron chi connectivity index (χ0n) is 12.1. The first-order valence-corrected chi connectivity index (χ1v) is 6.69. The van der Waals surface area contributed by atoms with E-state index in [1.54, 1.807) is 6.07 Å². The fourth-order valence-corrected chi connectivity index (χ4v) is 2.20. The van der Waals surface area contributed by atoms with E-state index in [1.807, 2.05) is 12.1 Å². The van der Waals surface area contributed by atoms with Crippen LogP contribution in [0.3, 0.4) is 0 Å². The van der Waals surface area contributed by atoms with Gasteiger partial charge in [0.1, 0.15) is 5.82 Å². The van der Waals surface area contributed by atoms with Gasteiger partial charge in [-0.15, -0.1) is 10.2 Å². The average molecular weight is 284 g/mol. The van der Waals surface area contributed by atoms with Crippen LogP contribution in [0.4, 0.5) is 0 Å². The maximum atomic E-state index is 12.2. The highest BCUT2D eigenvalue weighted by atomic mass is 16.1. The Hall–Kier alpha value is -2.57. The van der Waals surface area contributed by atoms with Gasteiger partial charge in [0.15, 0.2) is 0 Å². The van der Waals surface area contributed by atoms with Crippen LogP contribution < -0.4 is 5.56 Å². The molecule has 0 aliphatic heterocycles. The molecule has 108 valence electrons. The van der Waals surface area contributed by atoms with Crippen molar-refractivity contribution in [1.82, 2.24) is 30.6 Å². The van der Waals surface area contributed by atoms with Crippen molar-refractivity contribution in [2.24, 2.45) is 5.41 Å². The Morgan fingerprint density at radius 2 is 2.05 bits per heavy atom. The lowest BCUT2D eigenvalue weighted by Gasteiger charge is -2.17. The quantitative estimate of drug-likeness (QED) is 0.746. The van der Waals surface area contributed by atoms with Gasteiger partial charge in [-0.05, 0) is 28.8 Å². The van der Waals surface area contributed by atoms with Crippen LogP contribution in [0.25, 0.3) is 22.3 Å². The molecule has 0 saturated heterocycles. The molecule has 0 radical (unpaired) electrons. The molecule has 2 heterocycles. The number of hydrogen-bond acceptors (Lipinski definition) is 5. The van der Waals surface area contributed by atoms with Crippen LogP contribution in [0.5, 0.6) is 0 Å². The van der Waals surface area contributed by atoms with Crippen LogP contribution >= 0.6 is 0 Å². The summed E-state index contributed by atoms with van der Waals surface area (Å²) >= 11 is 0. The molecular weight excluding hydrogens is 268 g/mol. The summed E-state index contributed by atoms with van der Waals surface area (Å²) in [5, 5.41) is 14.3. The molecule has 7 nitrogen and oxygen atoms in total. The number of aromatic amines is 2. The van der Waals surface area contributed by atoms with E-state index in [2.05, 4.69) is 51.4 Å². The van der Waals surface area contributed by atoms with Crippen molar-refractivity contribution < 1.29 is 0 Å². The van der Waals surface area contributed by atoms with Crippen molar-refractivity contribution in [3.8, 4) is 11.4 Å². The number of nitrogens with one attached hydrogen (secondary N) is 2. The van der Waals surface area contributed by atoms with Gasteiger partial charge in [0.2, 0.25) is 5.82 Å². The van der Waals surface area contributed by atoms with Crippen LogP contribution in [0, 0.1) is 5.41 Å². The molecule has 7 heteroatoms. The summed E-state index contributed by atoms with van der Waals surface area (Å²) < 4.78 is 0. The average Bonchev–Trinajstić information content (AvgIpc) is 2.90. The smallest absolute Gasteiger partial charge is 0.258 e. The van der Waals surface area contributed by atoms with E-state index in [0.717, 1.165) is 5.56 Å². The standard InChI is InChI=1S/C14H16N6O/c1-14(2,3)7-11-15-10-5-4-8(12-17-19-20-18-12)6-9(10)13(21)16-11/h4-6H,7H2,1-3H3,(H,15,16,21)(H,17,18,19,20). The number of tetrazole rings is 1. The Kier molecular flexibility index (Phi) is 3.04. The number of rotatable bonds is 2. The Morgan fingerprint density at radius 1 is 1.24 bits per heavy atom. The summed E-state index contributed by atoms with van der Waals surface area (Å²) in [4.78, 5) is 19.6. The highest BCUT2D eigenvalue weighted by molar-refractivity contribution is 5.82. The Bertz CT molecular complexity index is 829. The van der Waals surface area contributed by atoms with Crippen molar-refractivity contribution in [2.45, 2.75) is 27.2 Å². The molecule has 21 heavy (non-hydrogen) atoms. The van der Waals surface area contributed by atoms with E-state index in [0.29, 0.717) is 29.0 Å². The van der Waals surface area contributed by atoms with Crippen LogP contribution in [0.15, 0.2) is 23.0 Å². The highest BCUT2D eigenvalue weighted by Gasteiger charge is 2.15. The zero-order chi connectivity index (χ0) is 15.0. The summed E-state index contributed by atoms with van der Waals surface area (Å²) in [5.41, 5.74) is 1.32. The monoisotopic (exact) mass is 284 g/mol. The second-order valence-corrected chi connectivity index (χ2v) is 6.22. The molecule has 2 N–H and O–H groups in total. The van der Waals surface area contributed by atoms with Crippen LogP contribution in [0.1, 0.15) is 26.6 Å². The molecule has 0 fully saturated rings. The first-order chi connectivity index (χ1) is 9.92. The first-order valence-electron chi connectivity index (χ1n) is 6.69. The molecule has 0 saturated carbocycles. The van der Waals surface area contributed by atoms with Crippen molar-refractivity contribution in [3.63, 3.8) is 0 Å².